The Morgan fingerprint density at radius 1 is 1.58 bits per heavy atom. The Balaban J connectivity index is 2.65. The van der Waals surface area contributed by atoms with Gasteiger partial charge in [0.2, 0.25) is 0 Å². The molecule has 1 atom stereocenters. The van der Waals surface area contributed by atoms with Gasteiger partial charge in [-0.2, -0.15) is 5.10 Å². The molecule has 0 aliphatic heterocycles. The van der Waals surface area contributed by atoms with Crippen molar-refractivity contribution in [3.8, 4) is 0 Å². The molecular weight excluding hydrogens is 156 g/mol. The van der Waals surface area contributed by atoms with Gasteiger partial charge in [-0.05, 0) is 12.3 Å². The average Bonchev–Trinajstić information content (AvgIpc) is 2.34. The van der Waals surface area contributed by atoms with Crippen LogP contribution < -0.4 is 11.4 Å². The fourth-order valence-corrected chi connectivity index (χ4v) is 1.08. The number of nitrogens with zero attached hydrogens (tertiary/aromatic N) is 1. The predicted octanol–water partition coefficient (Wildman–Crippen LogP) is 0.144. The van der Waals surface area contributed by atoms with Crippen LogP contribution in [-0.4, -0.2) is 15.2 Å². The van der Waals surface area contributed by atoms with Gasteiger partial charge in [-0.25, -0.2) is 9.89 Å². The highest BCUT2D eigenvalue weighted by molar-refractivity contribution is 4.89. The zero-order valence-electron chi connectivity index (χ0n) is 7.29. The Morgan fingerprint density at radius 2 is 2.25 bits per heavy atom. The first-order valence-electron chi connectivity index (χ1n) is 3.99. The average molecular weight is 170 g/mol. The maximum Gasteiger partial charge on any atom is 0.340 e. The van der Waals surface area contributed by atoms with Gasteiger partial charge in [0.25, 0.3) is 0 Å². The molecule has 0 aliphatic carbocycles. The minimum absolute atomic E-state index is 0.177. The molecule has 1 heterocycles. The lowest BCUT2D eigenvalue weighted by molar-refractivity contribution is 0.494. The van der Waals surface area contributed by atoms with Crippen molar-refractivity contribution in [2.45, 2.75) is 26.3 Å². The standard InChI is InChI=1S/C7H14N4O/c1-4(2)3-5(8)6-9-7(12)11-10-6/h4-5H,3,8H2,1-2H3,(H2,9,10,11,12)/t5-/m0/s1. The number of aromatic nitrogens is 3. The Hall–Kier alpha value is -1.10. The fraction of sp³-hybridized carbons (Fsp3) is 0.714. The summed E-state index contributed by atoms with van der Waals surface area (Å²) in [6.45, 7) is 4.15. The molecule has 5 heteroatoms. The number of aromatic amines is 2. The lowest BCUT2D eigenvalue weighted by Crippen LogP contribution is -2.15. The van der Waals surface area contributed by atoms with Crippen molar-refractivity contribution in [2.75, 3.05) is 0 Å². The maximum absolute atomic E-state index is 10.7. The van der Waals surface area contributed by atoms with Crippen molar-refractivity contribution in [3.05, 3.63) is 16.3 Å². The Labute approximate surface area is 70.4 Å². The summed E-state index contributed by atoms with van der Waals surface area (Å²) in [7, 11) is 0. The summed E-state index contributed by atoms with van der Waals surface area (Å²) in [4.78, 5) is 13.2. The summed E-state index contributed by atoms with van der Waals surface area (Å²) in [5, 5.41) is 6.03. The molecule has 5 nitrogen and oxygen atoms in total. The predicted molar refractivity (Wildman–Crippen MR) is 45.6 cm³/mol. The number of nitrogens with one attached hydrogen (secondary N) is 2. The van der Waals surface area contributed by atoms with Gasteiger partial charge in [0, 0.05) is 0 Å². The van der Waals surface area contributed by atoms with Gasteiger partial charge >= 0.3 is 5.69 Å². The molecule has 0 radical (unpaired) electrons. The first kappa shape index (κ1) is 8.99. The molecule has 1 aromatic heterocycles. The number of hydrogen-bond donors (Lipinski definition) is 3. The van der Waals surface area contributed by atoms with Crippen LogP contribution in [0.15, 0.2) is 4.79 Å². The third-order valence-corrected chi connectivity index (χ3v) is 1.60. The van der Waals surface area contributed by atoms with Crippen LogP contribution in [0.5, 0.6) is 0 Å². The fourth-order valence-electron chi connectivity index (χ4n) is 1.08. The van der Waals surface area contributed by atoms with E-state index in [1.54, 1.807) is 0 Å². The molecule has 0 aromatic carbocycles. The van der Waals surface area contributed by atoms with Gasteiger partial charge in [-0.15, -0.1) is 0 Å². The molecule has 12 heavy (non-hydrogen) atoms. The van der Waals surface area contributed by atoms with E-state index in [9.17, 15) is 4.79 Å². The zero-order chi connectivity index (χ0) is 9.14. The molecule has 1 aromatic rings. The van der Waals surface area contributed by atoms with Crippen LogP contribution in [0.4, 0.5) is 0 Å². The Morgan fingerprint density at radius 3 is 2.67 bits per heavy atom. The van der Waals surface area contributed by atoms with Crippen molar-refractivity contribution in [1.29, 1.82) is 0 Å². The zero-order valence-corrected chi connectivity index (χ0v) is 7.29. The largest absolute Gasteiger partial charge is 0.340 e. The first-order valence-corrected chi connectivity index (χ1v) is 3.99. The number of hydrogen-bond acceptors (Lipinski definition) is 3. The molecule has 68 valence electrons. The number of nitrogens with two attached hydrogens (primary N) is 1. The summed E-state index contributed by atoms with van der Waals surface area (Å²) >= 11 is 0. The van der Waals surface area contributed by atoms with E-state index in [4.69, 9.17) is 5.73 Å². The minimum Gasteiger partial charge on any atom is -0.321 e. The lowest BCUT2D eigenvalue weighted by Gasteiger charge is -2.09. The van der Waals surface area contributed by atoms with E-state index in [-0.39, 0.29) is 11.7 Å². The number of H-pyrrole nitrogens is 2. The lowest BCUT2D eigenvalue weighted by atomic mass is 10.0. The van der Waals surface area contributed by atoms with Crippen molar-refractivity contribution in [3.63, 3.8) is 0 Å². The van der Waals surface area contributed by atoms with E-state index in [0.29, 0.717) is 11.7 Å². The van der Waals surface area contributed by atoms with E-state index >= 15 is 0 Å². The first-order chi connectivity index (χ1) is 5.59. The smallest absolute Gasteiger partial charge is 0.321 e. The molecule has 0 bridgehead atoms. The summed E-state index contributed by atoms with van der Waals surface area (Å²) in [6.07, 6.45) is 0.820. The third-order valence-electron chi connectivity index (χ3n) is 1.60. The Bertz CT molecular complexity index is 288. The van der Waals surface area contributed by atoms with Crippen LogP contribution >= 0.6 is 0 Å². The van der Waals surface area contributed by atoms with E-state index in [1.165, 1.54) is 0 Å². The second-order valence-corrected chi connectivity index (χ2v) is 3.30. The molecular formula is C7H14N4O. The van der Waals surface area contributed by atoms with E-state index in [2.05, 4.69) is 29.0 Å². The third kappa shape index (κ3) is 2.20. The van der Waals surface area contributed by atoms with Crippen LogP contribution in [0.3, 0.4) is 0 Å². The highest BCUT2D eigenvalue weighted by Gasteiger charge is 2.11. The summed E-state index contributed by atoms with van der Waals surface area (Å²) in [5.74, 6) is 1.04. The van der Waals surface area contributed by atoms with E-state index < -0.39 is 0 Å². The van der Waals surface area contributed by atoms with E-state index in [0.717, 1.165) is 6.42 Å². The van der Waals surface area contributed by atoms with Crippen LogP contribution in [-0.2, 0) is 0 Å². The summed E-state index contributed by atoms with van der Waals surface area (Å²) < 4.78 is 0. The van der Waals surface area contributed by atoms with Gasteiger partial charge < -0.3 is 5.73 Å². The molecule has 0 unspecified atom stereocenters. The topological polar surface area (TPSA) is 87.6 Å². The molecule has 4 N–H and O–H groups in total. The molecule has 0 fully saturated rings. The van der Waals surface area contributed by atoms with Gasteiger partial charge in [0.1, 0.15) is 5.82 Å². The van der Waals surface area contributed by atoms with Crippen LogP contribution in [0.2, 0.25) is 0 Å². The van der Waals surface area contributed by atoms with Crippen molar-refractivity contribution >= 4 is 0 Å². The molecule has 1 rings (SSSR count). The molecule has 0 saturated carbocycles. The van der Waals surface area contributed by atoms with Crippen LogP contribution in [0.25, 0.3) is 0 Å². The van der Waals surface area contributed by atoms with Crippen molar-refractivity contribution < 1.29 is 0 Å². The number of rotatable bonds is 3. The second kappa shape index (κ2) is 3.53. The maximum atomic E-state index is 10.7. The van der Waals surface area contributed by atoms with Gasteiger partial charge in [-0.3, -0.25) is 4.98 Å². The monoisotopic (exact) mass is 170 g/mol. The normalized spacial score (nSPS) is 13.7. The van der Waals surface area contributed by atoms with Crippen molar-refractivity contribution in [1.82, 2.24) is 15.2 Å². The minimum atomic E-state index is -0.302. The van der Waals surface area contributed by atoms with E-state index in [1.807, 2.05) is 0 Å². The second-order valence-electron chi connectivity index (χ2n) is 3.30. The van der Waals surface area contributed by atoms with Gasteiger partial charge in [-0.1, -0.05) is 13.8 Å². The summed E-state index contributed by atoms with van der Waals surface area (Å²) in [5.41, 5.74) is 5.45. The molecule has 0 saturated heterocycles. The SMILES string of the molecule is CC(C)C[C@H](N)c1n[nH]c(=O)[nH]1. The quantitative estimate of drug-likeness (QED) is 0.603. The van der Waals surface area contributed by atoms with Crippen LogP contribution in [0.1, 0.15) is 32.1 Å². The molecule has 0 spiro atoms. The highest BCUT2D eigenvalue weighted by Crippen LogP contribution is 2.12. The molecule has 0 aliphatic rings. The summed E-state index contributed by atoms with van der Waals surface area (Å²) in [6, 6.07) is -0.177. The Kier molecular flexibility index (Phi) is 2.65. The highest BCUT2D eigenvalue weighted by atomic mass is 16.1. The van der Waals surface area contributed by atoms with Gasteiger partial charge in [0.05, 0.1) is 6.04 Å². The van der Waals surface area contributed by atoms with Gasteiger partial charge in [0.15, 0.2) is 0 Å². The van der Waals surface area contributed by atoms with Crippen molar-refractivity contribution in [2.24, 2.45) is 11.7 Å². The van der Waals surface area contributed by atoms with Crippen LogP contribution in [0, 0.1) is 5.92 Å². The molecule has 0 amide bonds.